The second kappa shape index (κ2) is 2.63. The first-order valence-electron chi connectivity index (χ1n) is 4.38. The largest absolute Gasteiger partial charge is 0.469 e. The van der Waals surface area contributed by atoms with Gasteiger partial charge in [-0.1, -0.05) is 6.92 Å². The van der Waals surface area contributed by atoms with Gasteiger partial charge in [-0.3, -0.25) is 0 Å². The maximum absolute atomic E-state index is 8.94. The maximum atomic E-state index is 8.94. The molecular weight excluding hydrogens is 152 g/mol. The molecule has 0 radical (unpaired) electrons. The van der Waals surface area contributed by atoms with Crippen LogP contribution < -0.4 is 0 Å². The molecule has 1 aliphatic rings. The lowest BCUT2D eigenvalue weighted by atomic mass is 10.0. The van der Waals surface area contributed by atoms with Crippen LogP contribution in [-0.4, -0.2) is 11.7 Å². The van der Waals surface area contributed by atoms with E-state index < -0.39 is 0 Å². The molecule has 2 nitrogen and oxygen atoms in total. The van der Waals surface area contributed by atoms with Crippen molar-refractivity contribution in [3.05, 3.63) is 24.2 Å². The summed E-state index contributed by atoms with van der Waals surface area (Å²) in [6.07, 6.45) is 3.80. The molecular formula is C10H14O2. The van der Waals surface area contributed by atoms with Gasteiger partial charge >= 0.3 is 0 Å². The van der Waals surface area contributed by atoms with Gasteiger partial charge in [0.1, 0.15) is 5.76 Å². The molecule has 1 heterocycles. The molecule has 12 heavy (non-hydrogen) atoms. The normalized spacial score (nSPS) is 33.7. The lowest BCUT2D eigenvalue weighted by molar-refractivity contribution is 0.250. The Balaban J connectivity index is 1.97. The summed E-state index contributed by atoms with van der Waals surface area (Å²) in [5.74, 6) is 1.52. The third-order valence-electron chi connectivity index (χ3n) is 2.92. The van der Waals surface area contributed by atoms with Gasteiger partial charge in [0.2, 0.25) is 0 Å². The van der Waals surface area contributed by atoms with E-state index in [1.807, 2.05) is 12.1 Å². The van der Waals surface area contributed by atoms with Crippen molar-refractivity contribution in [2.24, 2.45) is 11.3 Å². The van der Waals surface area contributed by atoms with Gasteiger partial charge in [-0.25, -0.2) is 0 Å². The Bertz CT molecular complexity index is 253. The molecule has 2 atom stereocenters. The zero-order valence-corrected chi connectivity index (χ0v) is 7.29. The highest BCUT2D eigenvalue weighted by atomic mass is 16.3. The van der Waals surface area contributed by atoms with Crippen LogP contribution in [0.1, 0.15) is 19.1 Å². The summed E-state index contributed by atoms with van der Waals surface area (Å²) >= 11 is 0. The molecule has 0 spiro atoms. The highest BCUT2D eigenvalue weighted by molar-refractivity contribution is 5.09. The van der Waals surface area contributed by atoms with Crippen LogP contribution in [0.25, 0.3) is 0 Å². The molecule has 0 aliphatic heterocycles. The van der Waals surface area contributed by atoms with Crippen molar-refractivity contribution in [1.29, 1.82) is 0 Å². The summed E-state index contributed by atoms with van der Waals surface area (Å²) in [7, 11) is 0. The van der Waals surface area contributed by atoms with Gasteiger partial charge in [0.15, 0.2) is 0 Å². The van der Waals surface area contributed by atoms with Crippen LogP contribution in [0.5, 0.6) is 0 Å². The zero-order chi connectivity index (χ0) is 8.60. The van der Waals surface area contributed by atoms with E-state index in [9.17, 15) is 0 Å². The number of furan rings is 1. The summed E-state index contributed by atoms with van der Waals surface area (Å²) in [6, 6.07) is 3.91. The first kappa shape index (κ1) is 7.87. The summed E-state index contributed by atoms with van der Waals surface area (Å²) < 4.78 is 5.26. The Morgan fingerprint density at radius 2 is 2.58 bits per heavy atom. The van der Waals surface area contributed by atoms with Crippen LogP contribution in [0, 0.1) is 11.3 Å². The summed E-state index contributed by atoms with van der Waals surface area (Å²) in [5.41, 5.74) is 0.298. The summed E-state index contributed by atoms with van der Waals surface area (Å²) in [4.78, 5) is 0. The molecule has 1 aromatic rings. The number of hydrogen-bond donors (Lipinski definition) is 1. The van der Waals surface area contributed by atoms with Crippen molar-refractivity contribution in [2.75, 3.05) is 6.61 Å². The Kier molecular flexibility index (Phi) is 1.72. The SMILES string of the molecule is CC1(Cc2ccco2)CC1CO. The van der Waals surface area contributed by atoms with E-state index in [1.54, 1.807) is 6.26 Å². The van der Waals surface area contributed by atoms with Crippen molar-refractivity contribution in [2.45, 2.75) is 19.8 Å². The number of rotatable bonds is 3. The third-order valence-corrected chi connectivity index (χ3v) is 2.92. The minimum Gasteiger partial charge on any atom is -0.469 e. The molecule has 2 unspecified atom stereocenters. The quantitative estimate of drug-likeness (QED) is 0.743. The second-order valence-corrected chi connectivity index (χ2v) is 3.99. The topological polar surface area (TPSA) is 33.4 Å². The molecule has 0 amide bonds. The first-order chi connectivity index (χ1) is 5.74. The Morgan fingerprint density at radius 3 is 3.08 bits per heavy atom. The smallest absolute Gasteiger partial charge is 0.104 e. The van der Waals surface area contributed by atoms with E-state index in [2.05, 4.69) is 6.92 Å². The zero-order valence-electron chi connectivity index (χ0n) is 7.29. The third kappa shape index (κ3) is 1.27. The second-order valence-electron chi connectivity index (χ2n) is 3.99. The highest BCUT2D eigenvalue weighted by Crippen LogP contribution is 2.53. The van der Waals surface area contributed by atoms with E-state index in [-0.39, 0.29) is 0 Å². The maximum Gasteiger partial charge on any atom is 0.104 e. The van der Waals surface area contributed by atoms with Crippen molar-refractivity contribution in [1.82, 2.24) is 0 Å². The molecule has 1 fully saturated rings. The standard InChI is InChI=1S/C10H14O2/c1-10(5-8(10)7-11)6-9-3-2-4-12-9/h2-4,8,11H,5-7H2,1H3. The van der Waals surface area contributed by atoms with Gasteiger partial charge in [0, 0.05) is 13.0 Å². The van der Waals surface area contributed by atoms with Crippen molar-refractivity contribution in [3.63, 3.8) is 0 Å². The van der Waals surface area contributed by atoms with Crippen LogP contribution in [0.4, 0.5) is 0 Å². The predicted octanol–water partition coefficient (Wildman–Crippen LogP) is 1.84. The van der Waals surface area contributed by atoms with Crippen LogP contribution >= 0.6 is 0 Å². The number of aliphatic hydroxyl groups is 1. The lowest BCUT2D eigenvalue weighted by Crippen LogP contribution is -2.04. The molecule has 1 N–H and O–H groups in total. The van der Waals surface area contributed by atoms with E-state index in [4.69, 9.17) is 9.52 Å². The fraction of sp³-hybridized carbons (Fsp3) is 0.600. The van der Waals surface area contributed by atoms with Gasteiger partial charge in [0.25, 0.3) is 0 Å². The van der Waals surface area contributed by atoms with Gasteiger partial charge in [-0.2, -0.15) is 0 Å². The number of hydrogen-bond acceptors (Lipinski definition) is 2. The molecule has 66 valence electrons. The van der Waals surface area contributed by atoms with Crippen molar-refractivity contribution < 1.29 is 9.52 Å². The van der Waals surface area contributed by atoms with Crippen LogP contribution in [0.3, 0.4) is 0 Å². The van der Waals surface area contributed by atoms with Crippen LogP contribution in [-0.2, 0) is 6.42 Å². The fourth-order valence-corrected chi connectivity index (χ4v) is 1.82. The van der Waals surface area contributed by atoms with Gasteiger partial charge in [0.05, 0.1) is 6.26 Å². The number of aliphatic hydroxyl groups excluding tert-OH is 1. The molecule has 1 aliphatic carbocycles. The molecule has 1 saturated carbocycles. The molecule has 0 saturated heterocycles. The highest BCUT2D eigenvalue weighted by Gasteiger charge is 2.49. The van der Waals surface area contributed by atoms with Crippen molar-refractivity contribution in [3.8, 4) is 0 Å². The molecule has 0 bridgehead atoms. The van der Waals surface area contributed by atoms with E-state index in [0.29, 0.717) is 17.9 Å². The van der Waals surface area contributed by atoms with Gasteiger partial charge < -0.3 is 9.52 Å². The average molecular weight is 166 g/mol. The summed E-state index contributed by atoms with van der Waals surface area (Å²) in [5, 5.41) is 8.94. The summed E-state index contributed by atoms with van der Waals surface area (Å²) in [6.45, 7) is 2.52. The molecule has 0 aromatic carbocycles. The minimum atomic E-state index is 0.298. The minimum absolute atomic E-state index is 0.298. The fourth-order valence-electron chi connectivity index (χ4n) is 1.82. The van der Waals surface area contributed by atoms with E-state index >= 15 is 0 Å². The van der Waals surface area contributed by atoms with E-state index in [1.165, 1.54) is 0 Å². The van der Waals surface area contributed by atoms with Gasteiger partial charge in [-0.05, 0) is 29.9 Å². The van der Waals surface area contributed by atoms with Crippen LogP contribution in [0.2, 0.25) is 0 Å². The van der Waals surface area contributed by atoms with Crippen molar-refractivity contribution >= 4 is 0 Å². The van der Waals surface area contributed by atoms with Crippen LogP contribution in [0.15, 0.2) is 22.8 Å². The van der Waals surface area contributed by atoms with Gasteiger partial charge in [-0.15, -0.1) is 0 Å². The lowest BCUT2D eigenvalue weighted by Gasteiger charge is -2.06. The predicted molar refractivity (Wildman–Crippen MR) is 45.7 cm³/mol. The Labute approximate surface area is 72.2 Å². The molecule has 2 rings (SSSR count). The monoisotopic (exact) mass is 166 g/mol. The Morgan fingerprint density at radius 1 is 1.75 bits per heavy atom. The molecule has 2 heteroatoms. The first-order valence-corrected chi connectivity index (χ1v) is 4.38. The molecule has 1 aromatic heterocycles. The van der Waals surface area contributed by atoms with E-state index in [0.717, 1.165) is 18.6 Å². The Hall–Kier alpha value is -0.760. The average Bonchev–Trinajstić information content (AvgIpc) is 2.48.